The predicted octanol–water partition coefficient (Wildman–Crippen LogP) is 2.99. The number of rotatable bonds is 3. The van der Waals surface area contributed by atoms with Gasteiger partial charge < -0.3 is 11.1 Å². The average molecular weight is 240 g/mol. The number of halogens is 1. The largest absolute Gasteiger partial charge is 0.399 e. The Morgan fingerprint density at radius 2 is 2.33 bits per heavy atom. The molecule has 1 aromatic heterocycles. The second kappa shape index (κ2) is 4.51. The van der Waals surface area contributed by atoms with Crippen molar-refractivity contribution < 1.29 is 0 Å². The number of thiazole rings is 1. The van der Waals surface area contributed by atoms with E-state index in [1.807, 2.05) is 23.0 Å². The monoisotopic (exact) mass is 239 g/mol. The summed E-state index contributed by atoms with van der Waals surface area (Å²) < 4.78 is 0. The van der Waals surface area contributed by atoms with E-state index in [1.165, 1.54) is 0 Å². The van der Waals surface area contributed by atoms with Crippen molar-refractivity contribution in [3.8, 4) is 0 Å². The molecule has 15 heavy (non-hydrogen) atoms. The quantitative estimate of drug-likeness (QED) is 0.810. The lowest BCUT2D eigenvalue weighted by molar-refractivity contribution is 1.07. The summed E-state index contributed by atoms with van der Waals surface area (Å²) in [6, 6.07) is 5.41. The standard InChI is InChI=1S/C10H10ClN3S/c11-9-3-7(12)1-2-10(9)13-4-8-5-15-6-14-8/h1-3,5-6,13H,4,12H2. The van der Waals surface area contributed by atoms with Gasteiger partial charge in [-0.25, -0.2) is 4.98 Å². The highest BCUT2D eigenvalue weighted by atomic mass is 35.5. The summed E-state index contributed by atoms with van der Waals surface area (Å²) in [5.41, 5.74) is 9.95. The molecule has 2 aromatic rings. The van der Waals surface area contributed by atoms with Crippen LogP contribution in [0.1, 0.15) is 5.69 Å². The van der Waals surface area contributed by atoms with E-state index in [2.05, 4.69) is 10.3 Å². The third kappa shape index (κ3) is 2.61. The molecule has 3 nitrogen and oxygen atoms in total. The summed E-state index contributed by atoms with van der Waals surface area (Å²) in [6.07, 6.45) is 0. The molecule has 0 aliphatic carbocycles. The van der Waals surface area contributed by atoms with Crippen molar-refractivity contribution in [3.63, 3.8) is 0 Å². The van der Waals surface area contributed by atoms with Gasteiger partial charge >= 0.3 is 0 Å². The van der Waals surface area contributed by atoms with Crippen LogP contribution in [0.15, 0.2) is 29.1 Å². The number of benzene rings is 1. The fraction of sp³-hybridized carbons (Fsp3) is 0.100. The zero-order valence-electron chi connectivity index (χ0n) is 7.90. The molecule has 78 valence electrons. The first-order valence-electron chi connectivity index (χ1n) is 4.41. The van der Waals surface area contributed by atoms with Gasteiger partial charge in [0.2, 0.25) is 0 Å². The van der Waals surface area contributed by atoms with Crippen LogP contribution in [0.25, 0.3) is 0 Å². The number of aromatic nitrogens is 1. The molecule has 2 rings (SSSR count). The maximum absolute atomic E-state index is 6.01. The molecular weight excluding hydrogens is 230 g/mol. The highest BCUT2D eigenvalue weighted by Crippen LogP contribution is 2.24. The fourth-order valence-electron chi connectivity index (χ4n) is 1.19. The SMILES string of the molecule is Nc1ccc(NCc2cscn2)c(Cl)c1. The van der Waals surface area contributed by atoms with Crippen LogP contribution in [0, 0.1) is 0 Å². The Morgan fingerprint density at radius 3 is 3.00 bits per heavy atom. The van der Waals surface area contributed by atoms with Gasteiger partial charge in [0.15, 0.2) is 0 Å². The van der Waals surface area contributed by atoms with Gasteiger partial charge in [-0.3, -0.25) is 0 Å². The van der Waals surface area contributed by atoms with E-state index in [4.69, 9.17) is 17.3 Å². The van der Waals surface area contributed by atoms with Crippen molar-refractivity contribution in [2.24, 2.45) is 0 Å². The molecule has 0 saturated heterocycles. The molecule has 0 bridgehead atoms. The molecule has 0 unspecified atom stereocenters. The maximum Gasteiger partial charge on any atom is 0.0795 e. The van der Waals surface area contributed by atoms with Gasteiger partial charge in [-0.05, 0) is 18.2 Å². The Labute approximate surface area is 96.9 Å². The topological polar surface area (TPSA) is 50.9 Å². The molecular formula is C10H10ClN3S. The summed E-state index contributed by atoms with van der Waals surface area (Å²) >= 11 is 7.59. The third-order valence-electron chi connectivity index (χ3n) is 1.94. The van der Waals surface area contributed by atoms with E-state index in [9.17, 15) is 0 Å². The molecule has 1 aromatic carbocycles. The van der Waals surface area contributed by atoms with Crippen LogP contribution in [0.3, 0.4) is 0 Å². The van der Waals surface area contributed by atoms with E-state index in [1.54, 1.807) is 17.4 Å². The van der Waals surface area contributed by atoms with Crippen LogP contribution in [0.2, 0.25) is 5.02 Å². The average Bonchev–Trinajstić information content (AvgIpc) is 2.69. The van der Waals surface area contributed by atoms with Crippen LogP contribution in [-0.4, -0.2) is 4.98 Å². The summed E-state index contributed by atoms with van der Waals surface area (Å²) in [5, 5.41) is 5.83. The fourth-order valence-corrected chi connectivity index (χ4v) is 2.00. The van der Waals surface area contributed by atoms with E-state index in [0.717, 1.165) is 11.4 Å². The first-order chi connectivity index (χ1) is 7.25. The molecule has 0 radical (unpaired) electrons. The number of nitrogen functional groups attached to an aromatic ring is 1. The lowest BCUT2D eigenvalue weighted by Gasteiger charge is -2.07. The van der Waals surface area contributed by atoms with Crippen LogP contribution in [-0.2, 0) is 6.54 Å². The molecule has 5 heteroatoms. The van der Waals surface area contributed by atoms with Gasteiger partial charge in [-0.1, -0.05) is 11.6 Å². The van der Waals surface area contributed by atoms with Gasteiger partial charge in [0.1, 0.15) is 0 Å². The zero-order valence-corrected chi connectivity index (χ0v) is 9.48. The number of anilines is 2. The Hall–Kier alpha value is -1.26. The summed E-state index contributed by atoms with van der Waals surface area (Å²) in [4.78, 5) is 4.17. The van der Waals surface area contributed by atoms with Crippen LogP contribution < -0.4 is 11.1 Å². The summed E-state index contributed by atoms with van der Waals surface area (Å²) in [5.74, 6) is 0. The number of hydrogen-bond donors (Lipinski definition) is 2. The summed E-state index contributed by atoms with van der Waals surface area (Å²) in [7, 11) is 0. The van der Waals surface area contributed by atoms with Gasteiger partial charge in [0.05, 0.1) is 28.5 Å². The Kier molecular flexibility index (Phi) is 3.08. The minimum Gasteiger partial charge on any atom is -0.399 e. The molecule has 3 N–H and O–H groups in total. The molecule has 0 spiro atoms. The van der Waals surface area contributed by atoms with Gasteiger partial charge in [0, 0.05) is 11.1 Å². The highest BCUT2D eigenvalue weighted by Gasteiger charge is 2.00. The minimum atomic E-state index is 0.630. The van der Waals surface area contributed by atoms with Crippen LogP contribution in [0.5, 0.6) is 0 Å². The van der Waals surface area contributed by atoms with E-state index in [0.29, 0.717) is 17.3 Å². The van der Waals surface area contributed by atoms with Crippen molar-refractivity contribution in [3.05, 3.63) is 39.8 Å². The molecule has 0 aliphatic heterocycles. The second-order valence-corrected chi connectivity index (χ2v) is 4.20. The van der Waals surface area contributed by atoms with Gasteiger partial charge in [-0.15, -0.1) is 11.3 Å². The van der Waals surface area contributed by atoms with E-state index in [-0.39, 0.29) is 0 Å². The van der Waals surface area contributed by atoms with Crippen LogP contribution >= 0.6 is 22.9 Å². The minimum absolute atomic E-state index is 0.630. The maximum atomic E-state index is 6.01. The second-order valence-electron chi connectivity index (χ2n) is 3.07. The smallest absolute Gasteiger partial charge is 0.0795 e. The normalized spacial score (nSPS) is 10.2. The lowest BCUT2D eigenvalue weighted by Crippen LogP contribution is -2.00. The number of nitrogens with two attached hydrogens (primary N) is 1. The predicted molar refractivity (Wildman–Crippen MR) is 65.3 cm³/mol. The summed E-state index contributed by atoms with van der Waals surface area (Å²) in [6.45, 7) is 0.674. The molecule has 0 aliphatic rings. The molecule has 0 atom stereocenters. The Balaban J connectivity index is 2.05. The Morgan fingerprint density at radius 1 is 1.47 bits per heavy atom. The number of hydrogen-bond acceptors (Lipinski definition) is 4. The molecule has 0 fully saturated rings. The van der Waals surface area contributed by atoms with E-state index >= 15 is 0 Å². The van der Waals surface area contributed by atoms with Crippen molar-refractivity contribution in [1.29, 1.82) is 0 Å². The number of nitrogens with one attached hydrogen (secondary N) is 1. The lowest BCUT2D eigenvalue weighted by atomic mass is 10.3. The third-order valence-corrected chi connectivity index (χ3v) is 2.88. The van der Waals surface area contributed by atoms with Crippen molar-refractivity contribution in [2.45, 2.75) is 6.54 Å². The Bertz CT molecular complexity index is 442. The highest BCUT2D eigenvalue weighted by molar-refractivity contribution is 7.07. The van der Waals surface area contributed by atoms with Gasteiger partial charge in [0.25, 0.3) is 0 Å². The first-order valence-corrected chi connectivity index (χ1v) is 5.74. The molecule has 0 saturated carbocycles. The molecule has 1 heterocycles. The molecule has 0 amide bonds. The zero-order chi connectivity index (χ0) is 10.7. The van der Waals surface area contributed by atoms with Crippen LogP contribution in [0.4, 0.5) is 11.4 Å². The van der Waals surface area contributed by atoms with Crippen molar-refractivity contribution >= 4 is 34.3 Å². The number of nitrogens with zero attached hydrogens (tertiary/aromatic N) is 1. The first kappa shape index (κ1) is 10.3. The van der Waals surface area contributed by atoms with Gasteiger partial charge in [-0.2, -0.15) is 0 Å². The van der Waals surface area contributed by atoms with Crippen molar-refractivity contribution in [1.82, 2.24) is 4.98 Å². The van der Waals surface area contributed by atoms with E-state index < -0.39 is 0 Å². The van der Waals surface area contributed by atoms with Crippen molar-refractivity contribution in [2.75, 3.05) is 11.1 Å².